The standard InChI is InChI=1S/C21H33NO2/c1-4-7-8-9-10-11-12-13-14-15-16-17-20(23)22-19-21(24,6-3)18-5-2/h4,7-13,16-17,24H,5-6,14-15,18-19H2,1-3H3,(H,22,23). The largest absolute Gasteiger partial charge is 0.388 e. The number of rotatable bonds is 12. The zero-order valence-electron chi connectivity index (χ0n) is 15.4. The number of nitrogens with one attached hydrogen (secondary N) is 1. The van der Waals surface area contributed by atoms with Gasteiger partial charge in [-0.15, -0.1) is 0 Å². The number of unbranched alkanes of at least 4 members (excludes halogenated alkanes) is 1. The molecular formula is C21H33NO2. The van der Waals surface area contributed by atoms with Crippen LogP contribution in [-0.4, -0.2) is 23.2 Å². The van der Waals surface area contributed by atoms with Crippen LogP contribution in [0.1, 0.15) is 52.9 Å². The van der Waals surface area contributed by atoms with E-state index in [9.17, 15) is 9.90 Å². The Kier molecular flexibility index (Phi) is 13.6. The summed E-state index contributed by atoms with van der Waals surface area (Å²) in [5.74, 6) is -0.143. The molecule has 134 valence electrons. The molecule has 1 amide bonds. The summed E-state index contributed by atoms with van der Waals surface area (Å²) in [5, 5.41) is 13.0. The summed E-state index contributed by atoms with van der Waals surface area (Å²) in [6.45, 7) is 6.27. The van der Waals surface area contributed by atoms with Gasteiger partial charge in [-0.1, -0.05) is 75.0 Å². The van der Waals surface area contributed by atoms with E-state index in [-0.39, 0.29) is 5.91 Å². The Morgan fingerprint density at radius 1 is 1.00 bits per heavy atom. The maximum absolute atomic E-state index is 11.7. The molecule has 0 saturated carbocycles. The molecule has 0 aromatic carbocycles. The summed E-state index contributed by atoms with van der Waals surface area (Å²) >= 11 is 0. The Labute approximate surface area is 147 Å². The SMILES string of the molecule is CC=CC=CC=CC=CCCC=CC(=O)NCC(O)(CC)CCC. The van der Waals surface area contributed by atoms with Gasteiger partial charge >= 0.3 is 0 Å². The van der Waals surface area contributed by atoms with Crippen LogP contribution in [0, 0.1) is 0 Å². The van der Waals surface area contributed by atoms with Gasteiger partial charge in [0.05, 0.1) is 5.60 Å². The first-order chi connectivity index (χ1) is 11.6. The second-order valence-electron chi connectivity index (χ2n) is 5.75. The van der Waals surface area contributed by atoms with Crippen LogP contribution in [-0.2, 0) is 4.79 Å². The maximum Gasteiger partial charge on any atom is 0.243 e. The van der Waals surface area contributed by atoms with Crippen LogP contribution in [0.3, 0.4) is 0 Å². The topological polar surface area (TPSA) is 49.3 Å². The van der Waals surface area contributed by atoms with Gasteiger partial charge in [0.2, 0.25) is 5.91 Å². The first-order valence-electron chi connectivity index (χ1n) is 8.86. The summed E-state index contributed by atoms with van der Waals surface area (Å²) in [6.07, 6.45) is 23.3. The molecule has 2 N–H and O–H groups in total. The third kappa shape index (κ3) is 12.7. The summed E-state index contributed by atoms with van der Waals surface area (Å²) in [4.78, 5) is 11.7. The highest BCUT2D eigenvalue weighted by atomic mass is 16.3. The van der Waals surface area contributed by atoms with Crippen LogP contribution >= 0.6 is 0 Å². The number of allylic oxidation sites excluding steroid dienone is 9. The molecular weight excluding hydrogens is 298 g/mol. The minimum absolute atomic E-state index is 0.143. The lowest BCUT2D eigenvalue weighted by Gasteiger charge is -2.26. The zero-order valence-corrected chi connectivity index (χ0v) is 15.4. The van der Waals surface area contributed by atoms with Gasteiger partial charge in [0.15, 0.2) is 0 Å². The van der Waals surface area contributed by atoms with Crippen molar-refractivity contribution < 1.29 is 9.90 Å². The third-order valence-electron chi connectivity index (χ3n) is 3.62. The van der Waals surface area contributed by atoms with Crippen molar-refractivity contribution in [1.29, 1.82) is 0 Å². The van der Waals surface area contributed by atoms with Gasteiger partial charge in [0.1, 0.15) is 0 Å². The van der Waals surface area contributed by atoms with Crippen molar-refractivity contribution in [2.75, 3.05) is 6.54 Å². The fourth-order valence-electron chi connectivity index (χ4n) is 2.09. The van der Waals surface area contributed by atoms with Crippen LogP contribution in [0.15, 0.2) is 60.8 Å². The fraction of sp³-hybridized carbons (Fsp3) is 0.476. The fourth-order valence-corrected chi connectivity index (χ4v) is 2.09. The van der Waals surface area contributed by atoms with Gasteiger partial charge in [0, 0.05) is 6.54 Å². The number of amides is 1. The van der Waals surface area contributed by atoms with Crippen LogP contribution in [0.25, 0.3) is 0 Å². The van der Waals surface area contributed by atoms with E-state index >= 15 is 0 Å². The Balaban J connectivity index is 3.92. The van der Waals surface area contributed by atoms with E-state index in [1.807, 2.05) is 69.4 Å². The minimum Gasteiger partial charge on any atom is -0.388 e. The van der Waals surface area contributed by atoms with Crippen molar-refractivity contribution in [2.24, 2.45) is 0 Å². The van der Waals surface area contributed by atoms with E-state index in [2.05, 4.69) is 11.4 Å². The van der Waals surface area contributed by atoms with Crippen LogP contribution in [0.2, 0.25) is 0 Å². The molecule has 0 aromatic rings. The molecule has 0 bridgehead atoms. The molecule has 24 heavy (non-hydrogen) atoms. The van der Waals surface area contributed by atoms with E-state index in [0.29, 0.717) is 19.4 Å². The van der Waals surface area contributed by atoms with Gasteiger partial charge in [-0.2, -0.15) is 0 Å². The van der Waals surface area contributed by atoms with Gasteiger partial charge in [0.25, 0.3) is 0 Å². The quantitative estimate of drug-likeness (QED) is 0.311. The number of carbonyl (C=O) groups excluding carboxylic acids is 1. The molecule has 0 aliphatic heterocycles. The van der Waals surface area contributed by atoms with Crippen molar-refractivity contribution >= 4 is 5.91 Å². The minimum atomic E-state index is -0.783. The molecule has 0 aliphatic carbocycles. The Hall–Kier alpha value is -1.87. The molecule has 0 rings (SSSR count). The first-order valence-corrected chi connectivity index (χ1v) is 8.86. The molecule has 0 heterocycles. The van der Waals surface area contributed by atoms with Crippen LogP contribution in [0.5, 0.6) is 0 Å². The van der Waals surface area contributed by atoms with Crippen LogP contribution < -0.4 is 5.32 Å². The van der Waals surface area contributed by atoms with Crippen molar-refractivity contribution in [1.82, 2.24) is 5.32 Å². The predicted octanol–water partition coefficient (Wildman–Crippen LogP) is 4.62. The van der Waals surface area contributed by atoms with Gasteiger partial charge < -0.3 is 10.4 Å². The number of hydrogen-bond acceptors (Lipinski definition) is 2. The molecule has 3 heteroatoms. The van der Waals surface area contributed by atoms with E-state index in [0.717, 1.165) is 19.3 Å². The Morgan fingerprint density at radius 3 is 2.25 bits per heavy atom. The molecule has 0 radical (unpaired) electrons. The number of carbonyl (C=O) groups is 1. The number of aliphatic hydroxyl groups is 1. The lowest BCUT2D eigenvalue weighted by Crippen LogP contribution is -2.41. The molecule has 0 aliphatic rings. The molecule has 0 spiro atoms. The first kappa shape index (κ1) is 22.1. The van der Waals surface area contributed by atoms with Crippen molar-refractivity contribution in [3.8, 4) is 0 Å². The van der Waals surface area contributed by atoms with E-state index in [1.54, 1.807) is 6.08 Å². The molecule has 0 fully saturated rings. The summed E-state index contributed by atoms with van der Waals surface area (Å²) in [7, 11) is 0. The summed E-state index contributed by atoms with van der Waals surface area (Å²) in [5.41, 5.74) is -0.783. The van der Waals surface area contributed by atoms with Gasteiger partial charge in [-0.3, -0.25) is 4.79 Å². The predicted molar refractivity (Wildman–Crippen MR) is 104 cm³/mol. The normalized spacial score (nSPS) is 15.3. The lowest BCUT2D eigenvalue weighted by atomic mass is 9.95. The smallest absolute Gasteiger partial charge is 0.243 e. The van der Waals surface area contributed by atoms with Crippen molar-refractivity contribution in [3.63, 3.8) is 0 Å². The summed E-state index contributed by atoms with van der Waals surface area (Å²) < 4.78 is 0. The van der Waals surface area contributed by atoms with Gasteiger partial charge in [-0.05, 0) is 38.7 Å². The highest BCUT2D eigenvalue weighted by Crippen LogP contribution is 2.15. The van der Waals surface area contributed by atoms with E-state index in [4.69, 9.17) is 0 Å². The molecule has 1 atom stereocenters. The van der Waals surface area contributed by atoms with Crippen molar-refractivity contribution in [3.05, 3.63) is 60.8 Å². The average Bonchev–Trinajstić information content (AvgIpc) is 2.58. The highest BCUT2D eigenvalue weighted by molar-refractivity contribution is 5.87. The molecule has 0 saturated heterocycles. The van der Waals surface area contributed by atoms with E-state index in [1.165, 1.54) is 0 Å². The van der Waals surface area contributed by atoms with E-state index < -0.39 is 5.60 Å². The molecule has 0 aromatic heterocycles. The average molecular weight is 332 g/mol. The van der Waals surface area contributed by atoms with Crippen LogP contribution in [0.4, 0.5) is 0 Å². The molecule has 1 unspecified atom stereocenters. The zero-order chi connectivity index (χ0) is 18.1. The lowest BCUT2D eigenvalue weighted by molar-refractivity contribution is -0.117. The second kappa shape index (κ2) is 14.7. The highest BCUT2D eigenvalue weighted by Gasteiger charge is 2.23. The van der Waals surface area contributed by atoms with Gasteiger partial charge in [-0.25, -0.2) is 0 Å². The Morgan fingerprint density at radius 2 is 1.62 bits per heavy atom. The maximum atomic E-state index is 11.7. The monoisotopic (exact) mass is 331 g/mol. The summed E-state index contributed by atoms with van der Waals surface area (Å²) in [6, 6.07) is 0. The second-order valence-corrected chi connectivity index (χ2v) is 5.75. The molecule has 3 nitrogen and oxygen atoms in total. The Bertz CT molecular complexity index is 472. The van der Waals surface area contributed by atoms with Crippen molar-refractivity contribution in [2.45, 2.75) is 58.5 Å². The number of hydrogen-bond donors (Lipinski definition) is 2. The third-order valence-corrected chi connectivity index (χ3v) is 3.62.